The zero-order chi connectivity index (χ0) is 28.2. The van der Waals surface area contributed by atoms with Crippen molar-refractivity contribution in [1.82, 2.24) is 24.4 Å². The van der Waals surface area contributed by atoms with Crippen LogP contribution in [0.2, 0.25) is 5.02 Å². The third kappa shape index (κ3) is 5.99. The van der Waals surface area contributed by atoms with Crippen LogP contribution in [0.4, 0.5) is 0 Å². The molecule has 41 heavy (non-hydrogen) atoms. The first-order chi connectivity index (χ1) is 20.1. The topological polar surface area (TPSA) is 74.3 Å². The zero-order valence-corrected chi connectivity index (χ0v) is 23.8. The van der Waals surface area contributed by atoms with Crippen molar-refractivity contribution < 1.29 is 4.74 Å². The van der Waals surface area contributed by atoms with Crippen LogP contribution in [0.25, 0.3) is 40.1 Å². The van der Waals surface area contributed by atoms with Gasteiger partial charge in [0.1, 0.15) is 11.4 Å². The largest absolute Gasteiger partial charge is 0.494 e. The van der Waals surface area contributed by atoms with Crippen LogP contribution in [0.15, 0.2) is 89.9 Å². The number of nitrogens with zero attached hydrogens (tertiary/aromatic N) is 5. The Balaban J connectivity index is 1.30. The van der Waals surface area contributed by atoms with Gasteiger partial charge in [-0.15, -0.1) is 5.10 Å². The zero-order valence-electron chi connectivity index (χ0n) is 22.3. The molecule has 0 aliphatic rings. The molecule has 3 aromatic heterocycles. The smallest absolute Gasteiger partial charge is 0.291 e. The third-order valence-corrected chi connectivity index (χ3v) is 7.65. The van der Waals surface area contributed by atoms with Crippen LogP contribution >= 0.6 is 22.9 Å². The summed E-state index contributed by atoms with van der Waals surface area (Å²) in [6, 6.07) is 25.2. The molecule has 0 aliphatic carbocycles. The Labute approximate surface area is 245 Å². The van der Waals surface area contributed by atoms with Gasteiger partial charge in [-0.05, 0) is 60.5 Å². The normalized spacial score (nSPS) is 12.1. The standard InChI is InChI=1S/C32H26ClN5O2S/c1-2-3-19-40-27-16-9-22(10-17-27)11-18-29-34-32-38(35-29)31(39)28(41-32)20-24-21-37(26-7-5-4-6-8-26)36-30(24)23-12-14-25(33)15-13-23/h4-18,20-21H,2-3,19H2,1H3/b18-11+,28-20-. The Morgan fingerprint density at radius 3 is 2.46 bits per heavy atom. The van der Waals surface area contributed by atoms with Crippen molar-refractivity contribution in [2.75, 3.05) is 6.61 Å². The van der Waals surface area contributed by atoms with Crippen LogP contribution in [0, 0.1) is 0 Å². The van der Waals surface area contributed by atoms with Gasteiger partial charge in [-0.1, -0.05) is 84.8 Å². The lowest BCUT2D eigenvalue weighted by molar-refractivity contribution is 0.309. The molecule has 9 heteroatoms. The molecule has 0 atom stereocenters. The average Bonchev–Trinajstić information content (AvgIpc) is 3.68. The van der Waals surface area contributed by atoms with Gasteiger partial charge in [0.25, 0.3) is 5.56 Å². The number of fused-ring (bicyclic) bond motifs is 1. The van der Waals surface area contributed by atoms with E-state index in [-0.39, 0.29) is 5.56 Å². The van der Waals surface area contributed by atoms with E-state index in [0.717, 1.165) is 53.3 Å². The Hall–Kier alpha value is -4.53. The first-order valence-electron chi connectivity index (χ1n) is 13.3. The van der Waals surface area contributed by atoms with E-state index in [0.29, 0.717) is 20.3 Å². The van der Waals surface area contributed by atoms with Crippen LogP contribution in [0.5, 0.6) is 5.75 Å². The van der Waals surface area contributed by atoms with E-state index in [1.165, 1.54) is 15.9 Å². The molecule has 0 radical (unpaired) electrons. The minimum atomic E-state index is -0.222. The molecular formula is C32H26ClN5O2S. The van der Waals surface area contributed by atoms with Gasteiger partial charge in [-0.3, -0.25) is 4.79 Å². The monoisotopic (exact) mass is 579 g/mol. The predicted molar refractivity (Wildman–Crippen MR) is 166 cm³/mol. The molecule has 0 N–H and O–H groups in total. The Bertz CT molecular complexity index is 1920. The van der Waals surface area contributed by atoms with E-state index < -0.39 is 0 Å². The highest BCUT2D eigenvalue weighted by molar-refractivity contribution is 7.15. The van der Waals surface area contributed by atoms with Gasteiger partial charge in [0.2, 0.25) is 4.96 Å². The minimum absolute atomic E-state index is 0.222. The molecule has 3 heterocycles. The van der Waals surface area contributed by atoms with Gasteiger partial charge in [0.05, 0.1) is 16.8 Å². The molecular weight excluding hydrogens is 554 g/mol. The molecule has 7 nitrogen and oxygen atoms in total. The maximum absolute atomic E-state index is 13.3. The summed E-state index contributed by atoms with van der Waals surface area (Å²) in [6.07, 6.45) is 9.63. The Kier molecular flexibility index (Phi) is 7.75. The van der Waals surface area contributed by atoms with Crippen molar-refractivity contribution in [2.24, 2.45) is 0 Å². The number of halogens is 1. The van der Waals surface area contributed by atoms with Crippen LogP contribution in [0.3, 0.4) is 0 Å². The van der Waals surface area contributed by atoms with Crippen molar-refractivity contribution in [2.45, 2.75) is 19.8 Å². The molecule has 3 aromatic carbocycles. The van der Waals surface area contributed by atoms with E-state index in [1.807, 2.05) is 102 Å². The Morgan fingerprint density at radius 1 is 0.951 bits per heavy atom. The van der Waals surface area contributed by atoms with Crippen LogP contribution in [-0.2, 0) is 0 Å². The number of unbranched alkanes of at least 4 members (excludes halogenated alkanes) is 1. The summed E-state index contributed by atoms with van der Waals surface area (Å²) in [6.45, 7) is 2.86. The fourth-order valence-electron chi connectivity index (χ4n) is 4.28. The van der Waals surface area contributed by atoms with Gasteiger partial charge in [-0.2, -0.15) is 14.6 Å². The van der Waals surface area contributed by atoms with Crippen LogP contribution in [-0.4, -0.2) is 31.0 Å². The first-order valence-corrected chi connectivity index (χ1v) is 14.5. The molecule has 0 bridgehead atoms. The number of ether oxygens (including phenoxy) is 1. The van der Waals surface area contributed by atoms with Crippen LogP contribution < -0.4 is 14.8 Å². The van der Waals surface area contributed by atoms with Crippen molar-refractivity contribution in [1.29, 1.82) is 0 Å². The summed E-state index contributed by atoms with van der Waals surface area (Å²) < 4.78 is 9.41. The van der Waals surface area contributed by atoms with E-state index in [4.69, 9.17) is 21.4 Å². The minimum Gasteiger partial charge on any atom is -0.494 e. The van der Waals surface area contributed by atoms with Gasteiger partial charge in [0, 0.05) is 22.3 Å². The summed E-state index contributed by atoms with van der Waals surface area (Å²) in [5.74, 6) is 1.33. The molecule has 0 amide bonds. The van der Waals surface area contributed by atoms with E-state index in [2.05, 4.69) is 17.0 Å². The van der Waals surface area contributed by atoms with Crippen molar-refractivity contribution in [3.05, 3.63) is 122 Å². The number of benzene rings is 3. The van der Waals surface area contributed by atoms with Crippen molar-refractivity contribution >= 4 is 46.1 Å². The number of thiazole rings is 1. The molecule has 0 saturated heterocycles. The molecule has 0 unspecified atom stereocenters. The second kappa shape index (κ2) is 11.9. The van der Waals surface area contributed by atoms with Crippen molar-refractivity contribution in [3.8, 4) is 22.7 Å². The molecule has 0 saturated carbocycles. The predicted octanol–water partition coefficient (Wildman–Crippen LogP) is 6.55. The van der Waals surface area contributed by atoms with Crippen molar-refractivity contribution in [3.63, 3.8) is 0 Å². The maximum Gasteiger partial charge on any atom is 0.291 e. The molecule has 0 aliphatic heterocycles. The highest BCUT2D eigenvalue weighted by atomic mass is 35.5. The lowest BCUT2D eigenvalue weighted by Gasteiger charge is -2.04. The second-order valence-corrected chi connectivity index (χ2v) is 10.9. The second-order valence-electron chi connectivity index (χ2n) is 9.40. The molecule has 6 rings (SSSR count). The molecule has 6 aromatic rings. The fraction of sp³-hybridized carbons (Fsp3) is 0.125. The lowest BCUT2D eigenvalue weighted by Crippen LogP contribution is -2.23. The lowest BCUT2D eigenvalue weighted by atomic mass is 10.1. The van der Waals surface area contributed by atoms with Gasteiger partial charge >= 0.3 is 0 Å². The van der Waals surface area contributed by atoms with Gasteiger partial charge < -0.3 is 4.74 Å². The fourth-order valence-corrected chi connectivity index (χ4v) is 5.31. The van der Waals surface area contributed by atoms with Crippen LogP contribution in [0.1, 0.15) is 36.7 Å². The molecule has 204 valence electrons. The summed E-state index contributed by atoms with van der Waals surface area (Å²) in [4.78, 5) is 18.4. The van der Waals surface area contributed by atoms with E-state index >= 15 is 0 Å². The highest BCUT2D eigenvalue weighted by Crippen LogP contribution is 2.26. The van der Waals surface area contributed by atoms with E-state index in [9.17, 15) is 4.79 Å². The van der Waals surface area contributed by atoms with E-state index in [1.54, 1.807) is 6.08 Å². The summed E-state index contributed by atoms with van der Waals surface area (Å²) in [7, 11) is 0. The summed E-state index contributed by atoms with van der Waals surface area (Å²) in [5, 5.41) is 9.91. The molecule has 0 fully saturated rings. The number of aromatic nitrogens is 5. The number of rotatable bonds is 9. The summed E-state index contributed by atoms with van der Waals surface area (Å²) in [5.41, 5.74) is 4.14. The highest BCUT2D eigenvalue weighted by Gasteiger charge is 2.14. The number of hydrogen-bond acceptors (Lipinski definition) is 6. The summed E-state index contributed by atoms with van der Waals surface area (Å²) >= 11 is 7.42. The Morgan fingerprint density at radius 2 is 1.73 bits per heavy atom. The first kappa shape index (κ1) is 26.7. The average molecular weight is 580 g/mol. The SMILES string of the molecule is CCCCOc1ccc(/C=C/c2nc3s/c(=C\c4cn(-c5ccccc5)nc4-c4ccc(Cl)cc4)c(=O)n3n2)cc1. The maximum atomic E-state index is 13.3. The number of para-hydroxylation sites is 1. The van der Waals surface area contributed by atoms with Gasteiger partial charge in [0.15, 0.2) is 5.82 Å². The van der Waals surface area contributed by atoms with Gasteiger partial charge in [-0.25, -0.2) is 4.68 Å². The quantitative estimate of drug-likeness (QED) is 0.181. The number of hydrogen-bond donors (Lipinski definition) is 0. The third-order valence-electron chi connectivity index (χ3n) is 6.44. The molecule has 0 spiro atoms.